The summed E-state index contributed by atoms with van der Waals surface area (Å²) in [4.78, 5) is 26.3. The van der Waals surface area contributed by atoms with E-state index in [0.29, 0.717) is 37.4 Å². The summed E-state index contributed by atoms with van der Waals surface area (Å²) in [6, 6.07) is 0. The lowest BCUT2D eigenvalue weighted by Crippen LogP contribution is -2.37. The molecular formula is C15H21NO5. The molecule has 0 radical (unpaired) electrons. The van der Waals surface area contributed by atoms with Gasteiger partial charge in [-0.05, 0) is 19.3 Å². The van der Waals surface area contributed by atoms with Crippen LogP contribution in [0.15, 0.2) is 22.9 Å². The van der Waals surface area contributed by atoms with E-state index in [1.807, 2.05) is 0 Å². The number of esters is 2. The smallest absolute Gasteiger partial charge is 0.340 e. The molecule has 0 N–H and O–H groups in total. The third-order valence-electron chi connectivity index (χ3n) is 3.71. The average Bonchev–Trinajstić information content (AvgIpc) is 2.77. The molecule has 0 atom stereocenters. The van der Waals surface area contributed by atoms with Gasteiger partial charge in [0, 0.05) is 18.8 Å². The monoisotopic (exact) mass is 295 g/mol. The number of hydrogen-bond donors (Lipinski definition) is 0. The van der Waals surface area contributed by atoms with E-state index >= 15 is 0 Å². The summed E-state index contributed by atoms with van der Waals surface area (Å²) in [6.07, 6.45) is 4.12. The number of hydrogen-bond acceptors (Lipinski definition) is 6. The fraction of sp³-hybridized carbons (Fsp3) is 0.600. The maximum absolute atomic E-state index is 12.2. The predicted molar refractivity (Wildman–Crippen MR) is 75.4 cm³/mol. The van der Waals surface area contributed by atoms with Gasteiger partial charge in [-0.2, -0.15) is 0 Å². The molecule has 21 heavy (non-hydrogen) atoms. The summed E-state index contributed by atoms with van der Waals surface area (Å²) in [5.74, 6) is -0.988. The van der Waals surface area contributed by atoms with Crippen LogP contribution in [0.25, 0.3) is 0 Å². The summed E-state index contributed by atoms with van der Waals surface area (Å²) < 4.78 is 15.1. The lowest BCUT2D eigenvalue weighted by atomic mass is 10.0. The van der Waals surface area contributed by atoms with Crippen molar-refractivity contribution in [2.75, 3.05) is 40.5 Å². The van der Waals surface area contributed by atoms with E-state index in [-0.39, 0.29) is 0 Å². The van der Waals surface area contributed by atoms with E-state index in [9.17, 15) is 9.59 Å². The minimum absolute atomic E-state index is 0.309. The normalized spacial score (nSPS) is 19.7. The van der Waals surface area contributed by atoms with Crippen LogP contribution in [-0.4, -0.2) is 57.4 Å². The van der Waals surface area contributed by atoms with Gasteiger partial charge in [0.2, 0.25) is 0 Å². The number of allylic oxidation sites excluding steroid dienone is 2. The Labute approximate surface area is 124 Å². The van der Waals surface area contributed by atoms with Crippen molar-refractivity contribution in [3.63, 3.8) is 0 Å². The molecular weight excluding hydrogens is 274 g/mol. The van der Waals surface area contributed by atoms with Crippen LogP contribution in [0.4, 0.5) is 0 Å². The Hall–Kier alpha value is -1.82. The van der Waals surface area contributed by atoms with Crippen LogP contribution in [0.2, 0.25) is 0 Å². The van der Waals surface area contributed by atoms with E-state index in [0.717, 1.165) is 25.0 Å². The highest BCUT2D eigenvalue weighted by molar-refractivity contribution is 6.07. The third-order valence-corrected chi connectivity index (χ3v) is 3.71. The molecule has 116 valence electrons. The van der Waals surface area contributed by atoms with Crippen molar-refractivity contribution in [1.82, 2.24) is 4.90 Å². The largest absolute Gasteiger partial charge is 0.465 e. The van der Waals surface area contributed by atoms with Gasteiger partial charge in [-0.3, -0.25) is 0 Å². The molecule has 1 aliphatic carbocycles. The fourth-order valence-corrected chi connectivity index (χ4v) is 2.67. The maximum atomic E-state index is 12.2. The highest BCUT2D eigenvalue weighted by Crippen LogP contribution is 2.29. The van der Waals surface area contributed by atoms with Crippen LogP contribution in [0.1, 0.15) is 19.3 Å². The van der Waals surface area contributed by atoms with Gasteiger partial charge in [-0.25, -0.2) is 9.59 Å². The van der Waals surface area contributed by atoms with Crippen molar-refractivity contribution in [3.05, 3.63) is 22.9 Å². The average molecular weight is 295 g/mol. The fourth-order valence-electron chi connectivity index (χ4n) is 2.67. The van der Waals surface area contributed by atoms with Crippen LogP contribution >= 0.6 is 0 Å². The molecule has 2 rings (SSSR count). The highest BCUT2D eigenvalue weighted by atomic mass is 16.5. The van der Waals surface area contributed by atoms with Gasteiger partial charge in [0.15, 0.2) is 0 Å². The highest BCUT2D eigenvalue weighted by Gasteiger charge is 2.30. The predicted octanol–water partition coefficient (Wildman–Crippen LogP) is 1.03. The lowest BCUT2D eigenvalue weighted by Gasteiger charge is -2.32. The molecule has 1 fully saturated rings. The Morgan fingerprint density at radius 2 is 1.81 bits per heavy atom. The van der Waals surface area contributed by atoms with E-state index in [4.69, 9.17) is 14.2 Å². The summed E-state index contributed by atoms with van der Waals surface area (Å²) in [6.45, 7) is 2.67. The number of carbonyl (C=O) groups excluding carboxylic acids is 2. The number of carbonyl (C=O) groups is 2. The minimum atomic E-state index is -0.497. The van der Waals surface area contributed by atoms with Crippen molar-refractivity contribution in [2.24, 2.45) is 0 Å². The number of morpholine rings is 1. The standard InChI is InChI=1S/C15H21NO5/c1-19-14(17)11-5-3-4-6-12(13(11)15(18)20-2)16-7-9-21-10-8-16/h5H,3-4,6-10H2,1-2H3. The van der Waals surface area contributed by atoms with Gasteiger partial charge >= 0.3 is 11.9 Å². The van der Waals surface area contributed by atoms with Crippen molar-refractivity contribution in [3.8, 4) is 0 Å². The summed E-state index contributed by atoms with van der Waals surface area (Å²) in [5, 5.41) is 0. The van der Waals surface area contributed by atoms with Crippen LogP contribution in [0.3, 0.4) is 0 Å². The Kier molecular flexibility index (Phi) is 5.38. The molecule has 2 aliphatic rings. The van der Waals surface area contributed by atoms with E-state index in [1.54, 1.807) is 6.08 Å². The van der Waals surface area contributed by atoms with Crippen molar-refractivity contribution < 1.29 is 23.8 Å². The molecule has 0 unspecified atom stereocenters. The van der Waals surface area contributed by atoms with Gasteiger partial charge in [0.25, 0.3) is 0 Å². The van der Waals surface area contributed by atoms with Gasteiger partial charge in [-0.15, -0.1) is 0 Å². The second kappa shape index (κ2) is 7.26. The minimum Gasteiger partial charge on any atom is -0.465 e. The first kappa shape index (κ1) is 15.6. The van der Waals surface area contributed by atoms with E-state index in [1.165, 1.54) is 14.2 Å². The molecule has 0 saturated carbocycles. The van der Waals surface area contributed by atoms with Crippen molar-refractivity contribution in [1.29, 1.82) is 0 Å². The summed E-state index contributed by atoms with van der Waals surface area (Å²) in [7, 11) is 2.64. The molecule has 0 aromatic heterocycles. The van der Waals surface area contributed by atoms with Crippen LogP contribution in [-0.2, 0) is 23.8 Å². The van der Waals surface area contributed by atoms with Gasteiger partial charge in [0.05, 0.1) is 38.6 Å². The molecule has 0 aromatic carbocycles. The molecule has 0 amide bonds. The summed E-state index contributed by atoms with van der Waals surface area (Å²) in [5.41, 5.74) is 1.51. The molecule has 0 spiro atoms. The SMILES string of the molecule is COC(=O)C1=CCCCC(N2CCOCC2)=C1C(=O)OC. The molecule has 0 aromatic rings. The zero-order chi connectivity index (χ0) is 15.2. The topological polar surface area (TPSA) is 65.1 Å². The first-order valence-corrected chi connectivity index (χ1v) is 7.12. The Morgan fingerprint density at radius 3 is 2.43 bits per heavy atom. The summed E-state index contributed by atoms with van der Waals surface area (Å²) >= 11 is 0. The number of nitrogens with zero attached hydrogens (tertiary/aromatic N) is 1. The molecule has 1 heterocycles. The van der Waals surface area contributed by atoms with E-state index < -0.39 is 11.9 Å². The molecule has 6 heteroatoms. The Balaban J connectivity index is 2.45. The molecule has 1 aliphatic heterocycles. The molecule has 1 saturated heterocycles. The Bertz CT molecular complexity index is 474. The van der Waals surface area contributed by atoms with Crippen molar-refractivity contribution >= 4 is 11.9 Å². The first-order valence-electron chi connectivity index (χ1n) is 7.12. The van der Waals surface area contributed by atoms with Gasteiger partial charge in [-0.1, -0.05) is 6.08 Å². The van der Waals surface area contributed by atoms with Gasteiger partial charge in [0.1, 0.15) is 0 Å². The van der Waals surface area contributed by atoms with E-state index in [2.05, 4.69) is 4.90 Å². The second-order valence-corrected chi connectivity index (χ2v) is 4.91. The Morgan fingerprint density at radius 1 is 1.14 bits per heavy atom. The maximum Gasteiger partial charge on any atom is 0.340 e. The second-order valence-electron chi connectivity index (χ2n) is 4.91. The first-order chi connectivity index (χ1) is 10.2. The number of methoxy groups -OCH3 is 2. The zero-order valence-electron chi connectivity index (χ0n) is 12.5. The van der Waals surface area contributed by atoms with Crippen molar-refractivity contribution in [2.45, 2.75) is 19.3 Å². The number of rotatable bonds is 3. The number of ether oxygens (including phenoxy) is 3. The lowest BCUT2D eigenvalue weighted by molar-refractivity contribution is -0.139. The zero-order valence-corrected chi connectivity index (χ0v) is 12.5. The molecule has 0 bridgehead atoms. The third kappa shape index (κ3) is 3.44. The van der Waals surface area contributed by atoms with Crippen LogP contribution in [0.5, 0.6) is 0 Å². The van der Waals surface area contributed by atoms with Gasteiger partial charge < -0.3 is 19.1 Å². The molecule has 6 nitrogen and oxygen atoms in total. The van der Waals surface area contributed by atoms with Crippen LogP contribution in [0, 0.1) is 0 Å². The van der Waals surface area contributed by atoms with Crippen LogP contribution < -0.4 is 0 Å². The quantitative estimate of drug-likeness (QED) is 0.725.